The highest BCUT2D eigenvalue weighted by Crippen LogP contribution is 2.25. The number of hydrogen-bond acceptors (Lipinski definition) is 2. The summed E-state index contributed by atoms with van der Waals surface area (Å²) in [6.07, 6.45) is 2.01. The molecule has 0 atom stereocenters. The van der Waals surface area contributed by atoms with Crippen LogP contribution in [-0.4, -0.2) is 13.1 Å². The van der Waals surface area contributed by atoms with Crippen LogP contribution in [0.2, 0.25) is 0 Å². The van der Waals surface area contributed by atoms with E-state index in [1.165, 1.54) is 12.1 Å². The van der Waals surface area contributed by atoms with Crippen molar-refractivity contribution in [3.05, 3.63) is 29.3 Å². The maximum atomic E-state index is 14.0. The minimum absolute atomic E-state index is 0.242. The molecule has 0 saturated heterocycles. The first-order chi connectivity index (χ1) is 9.08. The minimum Gasteiger partial charge on any atom is -0.369 e. The van der Waals surface area contributed by atoms with Crippen molar-refractivity contribution in [3.63, 3.8) is 0 Å². The van der Waals surface area contributed by atoms with Crippen molar-refractivity contribution in [1.29, 1.82) is 5.26 Å². The molecule has 0 aliphatic carbocycles. The van der Waals surface area contributed by atoms with Gasteiger partial charge in [0.2, 0.25) is 0 Å². The highest BCUT2D eigenvalue weighted by molar-refractivity contribution is 5.52. The van der Waals surface area contributed by atoms with Crippen molar-refractivity contribution in [3.8, 4) is 6.07 Å². The van der Waals surface area contributed by atoms with Gasteiger partial charge in [0.15, 0.2) is 11.6 Å². The predicted octanol–water partition coefficient (Wildman–Crippen LogP) is 4.10. The molecule has 1 rings (SSSR count). The summed E-state index contributed by atoms with van der Waals surface area (Å²) < 4.78 is 27.6. The topological polar surface area (TPSA) is 27.0 Å². The van der Waals surface area contributed by atoms with E-state index in [4.69, 9.17) is 5.26 Å². The van der Waals surface area contributed by atoms with E-state index in [1.54, 1.807) is 6.07 Å². The van der Waals surface area contributed by atoms with Gasteiger partial charge in [-0.2, -0.15) is 5.26 Å². The van der Waals surface area contributed by atoms with E-state index in [0.717, 1.165) is 12.8 Å². The molecule has 19 heavy (non-hydrogen) atoms. The van der Waals surface area contributed by atoms with Crippen LogP contribution in [0.4, 0.5) is 14.5 Å². The first-order valence-corrected chi connectivity index (χ1v) is 6.71. The molecule has 0 radical (unpaired) electrons. The van der Waals surface area contributed by atoms with Gasteiger partial charge in [-0.05, 0) is 25.0 Å². The Balaban J connectivity index is 3.06. The van der Waals surface area contributed by atoms with Crippen LogP contribution in [0, 0.1) is 28.9 Å². The van der Waals surface area contributed by atoms with Gasteiger partial charge in [-0.25, -0.2) is 8.78 Å². The van der Waals surface area contributed by atoms with E-state index in [1.807, 2.05) is 11.8 Å². The molecule has 0 saturated carbocycles. The summed E-state index contributed by atoms with van der Waals surface area (Å²) in [4.78, 5) is 1.83. The summed E-state index contributed by atoms with van der Waals surface area (Å²) in [5.41, 5.74) is -0.00858. The fourth-order valence-electron chi connectivity index (χ4n) is 2.13. The molecule has 0 fully saturated rings. The fourth-order valence-corrected chi connectivity index (χ4v) is 2.13. The Morgan fingerprint density at radius 1 is 1.16 bits per heavy atom. The average molecular weight is 266 g/mol. The molecule has 0 unspecified atom stereocenters. The van der Waals surface area contributed by atoms with E-state index in [9.17, 15) is 8.78 Å². The molecule has 0 N–H and O–H groups in total. The molecule has 0 heterocycles. The van der Waals surface area contributed by atoms with Gasteiger partial charge in [0.25, 0.3) is 0 Å². The van der Waals surface area contributed by atoms with Gasteiger partial charge in [0, 0.05) is 13.1 Å². The smallest absolute Gasteiger partial charge is 0.183 e. The van der Waals surface area contributed by atoms with Crippen LogP contribution in [0.25, 0.3) is 0 Å². The van der Waals surface area contributed by atoms with Gasteiger partial charge in [-0.3, -0.25) is 0 Å². The molecule has 0 aliphatic rings. The second kappa shape index (κ2) is 7.08. The summed E-state index contributed by atoms with van der Waals surface area (Å²) >= 11 is 0. The van der Waals surface area contributed by atoms with E-state index >= 15 is 0 Å². The number of hydrogen-bond donors (Lipinski definition) is 0. The zero-order chi connectivity index (χ0) is 14.4. The van der Waals surface area contributed by atoms with Crippen LogP contribution in [0.1, 0.15) is 39.2 Å². The fraction of sp³-hybridized carbons (Fsp3) is 0.533. The third-order valence-electron chi connectivity index (χ3n) is 3.54. The Kier molecular flexibility index (Phi) is 5.75. The van der Waals surface area contributed by atoms with Crippen molar-refractivity contribution in [1.82, 2.24) is 0 Å². The summed E-state index contributed by atoms with van der Waals surface area (Å²) in [6, 6.07) is 4.48. The van der Waals surface area contributed by atoms with Crippen LogP contribution in [-0.2, 0) is 0 Å². The normalized spacial score (nSPS) is 10.6. The minimum atomic E-state index is -1.05. The first kappa shape index (κ1) is 15.4. The molecule has 0 amide bonds. The molecule has 0 bridgehead atoms. The van der Waals surface area contributed by atoms with Crippen LogP contribution in [0.5, 0.6) is 0 Å². The van der Waals surface area contributed by atoms with Crippen molar-refractivity contribution in [2.75, 3.05) is 18.0 Å². The van der Waals surface area contributed by atoms with E-state index < -0.39 is 11.6 Å². The van der Waals surface area contributed by atoms with Crippen molar-refractivity contribution in [2.24, 2.45) is 5.92 Å². The summed E-state index contributed by atoms with van der Waals surface area (Å²) in [6.45, 7) is 7.41. The predicted molar refractivity (Wildman–Crippen MR) is 73.0 cm³/mol. The maximum Gasteiger partial charge on any atom is 0.183 e. The highest BCUT2D eigenvalue weighted by atomic mass is 19.2. The Labute approximate surface area is 113 Å². The molecular weight excluding hydrogens is 246 g/mol. The zero-order valence-electron chi connectivity index (χ0n) is 11.7. The molecular formula is C15H20F2N2. The van der Waals surface area contributed by atoms with E-state index in [-0.39, 0.29) is 11.3 Å². The van der Waals surface area contributed by atoms with Crippen LogP contribution in [0.15, 0.2) is 12.1 Å². The Morgan fingerprint density at radius 2 is 1.79 bits per heavy atom. The summed E-state index contributed by atoms with van der Waals surface area (Å²) in [5, 5.41) is 8.68. The van der Waals surface area contributed by atoms with Gasteiger partial charge in [0.1, 0.15) is 6.07 Å². The number of rotatable bonds is 6. The van der Waals surface area contributed by atoms with Crippen molar-refractivity contribution >= 4 is 5.69 Å². The van der Waals surface area contributed by atoms with Crippen molar-refractivity contribution in [2.45, 2.75) is 33.6 Å². The number of benzene rings is 1. The standard InChI is InChI=1S/C15H20F2N2/c1-4-11(5-2)10-19(6-3)13-8-7-12(9-18)14(16)15(13)17/h7-8,11H,4-6,10H2,1-3H3. The largest absolute Gasteiger partial charge is 0.369 e. The lowest BCUT2D eigenvalue weighted by molar-refractivity contribution is 0.471. The lowest BCUT2D eigenvalue weighted by Gasteiger charge is -2.28. The molecule has 2 nitrogen and oxygen atoms in total. The molecule has 0 aliphatic heterocycles. The molecule has 104 valence electrons. The quantitative estimate of drug-likeness (QED) is 0.775. The Hall–Kier alpha value is -1.63. The Morgan fingerprint density at radius 3 is 2.26 bits per heavy atom. The SMILES string of the molecule is CCC(CC)CN(CC)c1ccc(C#N)c(F)c1F. The van der Waals surface area contributed by atoms with E-state index in [0.29, 0.717) is 19.0 Å². The number of halogens is 2. The number of nitrogens with zero attached hydrogens (tertiary/aromatic N) is 2. The number of anilines is 1. The maximum absolute atomic E-state index is 14.0. The lowest BCUT2D eigenvalue weighted by Crippen LogP contribution is -2.30. The van der Waals surface area contributed by atoms with Gasteiger partial charge < -0.3 is 4.90 Å². The van der Waals surface area contributed by atoms with Gasteiger partial charge in [-0.1, -0.05) is 26.7 Å². The third kappa shape index (κ3) is 3.44. The van der Waals surface area contributed by atoms with E-state index in [2.05, 4.69) is 13.8 Å². The summed E-state index contributed by atoms with van der Waals surface area (Å²) in [5.74, 6) is -1.52. The zero-order valence-corrected chi connectivity index (χ0v) is 11.7. The first-order valence-electron chi connectivity index (χ1n) is 6.71. The molecule has 1 aromatic carbocycles. The monoisotopic (exact) mass is 266 g/mol. The second-order valence-corrected chi connectivity index (χ2v) is 4.59. The molecule has 0 aromatic heterocycles. The average Bonchev–Trinajstić information content (AvgIpc) is 2.44. The van der Waals surface area contributed by atoms with Crippen LogP contribution in [0.3, 0.4) is 0 Å². The highest BCUT2D eigenvalue weighted by Gasteiger charge is 2.19. The summed E-state index contributed by atoms with van der Waals surface area (Å²) in [7, 11) is 0. The molecule has 4 heteroatoms. The van der Waals surface area contributed by atoms with Gasteiger partial charge in [0.05, 0.1) is 11.3 Å². The third-order valence-corrected chi connectivity index (χ3v) is 3.54. The molecule has 0 spiro atoms. The number of nitriles is 1. The second-order valence-electron chi connectivity index (χ2n) is 4.59. The Bertz CT molecular complexity index is 462. The van der Waals surface area contributed by atoms with Gasteiger partial charge in [-0.15, -0.1) is 0 Å². The lowest BCUT2D eigenvalue weighted by atomic mass is 10.0. The molecule has 1 aromatic rings. The van der Waals surface area contributed by atoms with Crippen molar-refractivity contribution < 1.29 is 8.78 Å². The van der Waals surface area contributed by atoms with Gasteiger partial charge >= 0.3 is 0 Å². The van der Waals surface area contributed by atoms with Crippen LogP contribution < -0.4 is 4.90 Å². The van der Waals surface area contributed by atoms with Crippen LogP contribution >= 0.6 is 0 Å².